The zero-order valence-corrected chi connectivity index (χ0v) is 17.9. The molecule has 1 atom stereocenters. The van der Waals surface area contributed by atoms with Crippen molar-refractivity contribution in [2.75, 3.05) is 13.7 Å². The van der Waals surface area contributed by atoms with Gasteiger partial charge >= 0.3 is 0 Å². The molecule has 1 aliphatic rings. The molecule has 1 heterocycles. The van der Waals surface area contributed by atoms with Gasteiger partial charge in [0.15, 0.2) is 0 Å². The highest BCUT2D eigenvalue weighted by molar-refractivity contribution is 5.99. The molecule has 0 radical (unpaired) electrons. The number of amides is 2. The Morgan fingerprint density at radius 2 is 1.88 bits per heavy atom. The third kappa shape index (κ3) is 4.64. The molecule has 5 nitrogen and oxygen atoms in total. The maximum atomic E-state index is 13.4. The van der Waals surface area contributed by atoms with E-state index in [0.29, 0.717) is 24.1 Å². The highest BCUT2D eigenvalue weighted by atomic mass is 19.1. The van der Waals surface area contributed by atoms with Gasteiger partial charge in [-0.1, -0.05) is 42.5 Å². The molecule has 6 heteroatoms. The van der Waals surface area contributed by atoms with E-state index >= 15 is 0 Å². The Kier molecular flexibility index (Phi) is 6.50. The van der Waals surface area contributed by atoms with Gasteiger partial charge in [0.05, 0.1) is 7.11 Å². The van der Waals surface area contributed by atoms with Crippen LogP contribution < -0.4 is 10.1 Å². The standard InChI is InChI=1S/C26H25FN2O3/c1-32-24-13-3-2-11-22(24)19-8-5-9-20(16-19)26(31)29-14-6-12-23(29)25(30)28-17-18-7-4-10-21(27)15-18/h2-5,7-11,13,15-16,23H,6,12,14,17H2,1H3,(H,28,30)/t23-/m0/s1. The Morgan fingerprint density at radius 1 is 1.06 bits per heavy atom. The second-order valence-corrected chi connectivity index (χ2v) is 7.79. The Balaban J connectivity index is 1.49. The van der Waals surface area contributed by atoms with Crippen molar-refractivity contribution in [2.24, 2.45) is 0 Å². The van der Waals surface area contributed by atoms with Crippen LogP contribution in [0.1, 0.15) is 28.8 Å². The maximum Gasteiger partial charge on any atom is 0.254 e. The van der Waals surface area contributed by atoms with Gasteiger partial charge in [-0.15, -0.1) is 0 Å². The molecule has 0 saturated carbocycles. The van der Waals surface area contributed by atoms with Crippen LogP contribution in [0.25, 0.3) is 11.1 Å². The fourth-order valence-electron chi connectivity index (χ4n) is 4.10. The van der Waals surface area contributed by atoms with Crippen LogP contribution in [-0.2, 0) is 11.3 Å². The first-order valence-corrected chi connectivity index (χ1v) is 10.6. The normalized spacial score (nSPS) is 15.4. The van der Waals surface area contributed by atoms with Gasteiger partial charge in [-0.25, -0.2) is 4.39 Å². The zero-order chi connectivity index (χ0) is 22.5. The van der Waals surface area contributed by atoms with E-state index in [1.54, 1.807) is 30.2 Å². The van der Waals surface area contributed by atoms with Crippen molar-refractivity contribution < 1.29 is 18.7 Å². The predicted molar refractivity (Wildman–Crippen MR) is 121 cm³/mol. The monoisotopic (exact) mass is 432 g/mol. The molecule has 1 aliphatic heterocycles. The molecule has 4 rings (SSSR count). The van der Waals surface area contributed by atoms with E-state index < -0.39 is 6.04 Å². The summed E-state index contributed by atoms with van der Waals surface area (Å²) in [6.07, 6.45) is 1.36. The molecule has 3 aromatic rings. The average molecular weight is 432 g/mol. The Hall–Kier alpha value is -3.67. The third-order valence-corrected chi connectivity index (χ3v) is 5.70. The number of methoxy groups -OCH3 is 1. The van der Waals surface area contributed by atoms with Crippen LogP contribution in [0.3, 0.4) is 0 Å². The van der Waals surface area contributed by atoms with Gasteiger partial charge < -0.3 is 15.0 Å². The molecule has 3 aromatic carbocycles. The number of halogens is 1. The zero-order valence-electron chi connectivity index (χ0n) is 17.9. The lowest BCUT2D eigenvalue weighted by Crippen LogP contribution is -2.45. The number of hydrogen-bond acceptors (Lipinski definition) is 3. The molecule has 0 spiro atoms. The van der Waals surface area contributed by atoms with Crippen molar-refractivity contribution in [3.05, 3.63) is 89.7 Å². The minimum absolute atomic E-state index is 0.176. The molecule has 1 fully saturated rings. The third-order valence-electron chi connectivity index (χ3n) is 5.70. The fraction of sp³-hybridized carbons (Fsp3) is 0.231. The minimum atomic E-state index is -0.536. The van der Waals surface area contributed by atoms with E-state index in [2.05, 4.69) is 5.32 Å². The minimum Gasteiger partial charge on any atom is -0.496 e. The Morgan fingerprint density at radius 3 is 2.69 bits per heavy atom. The van der Waals surface area contributed by atoms with Gasteiger partial charge in [-0.3, -0.25) is 9.59 Å². The van der Waals surface area contributed by atoms with Crippen LogP contribution >= 0.6 is 0 Å². The van der Waals surface area contributed by atoms with Crippen LogP contribution in [-0.4, -0.2) is 36.4 Å². The number of hydrogen-bond donors (Lipinski definition) is 1. The van der Waals surface area contributed by atoms with E-state index in [1.165, 1.54) is 12.1 Å². The first-order valence-electron chi connectivity index (χ1n) is 10.6. The molecule has 0 aliphatic carbocycles. The van der Waals surface area contributed by atoms with Gasteiger partial charge in [0, 0.05) is 24.2 Å². The van der Waals surface area contributed by atoms with Gasteiger partial charge in [0.2, 0.25) is 5.91 Å². The highest BCUT2D eigenvalue weighted by Crippen LogP contribution is 2.30. The average Bonchev–Trinajstić information content (AvgIpc) is 3.32. The first kappa shape index (κ1) is 21.6. The molecule has 0 bridgehead atoms. The summed E-state index contributed by atoms with van der Waals surface area (Å²) in [7, 11) is 1.62. The summed E-state index contributed by atoms with van der Waals surface area (Å²) in [4.78, 5) is 27.7. The maximum absolute atomic E-state index is 13.4. The predicted octanol–water partition coefficient (Wildman–Crippen LogP) is 4.42. The second kappa shape index (κ2) is 9.64. The molecule has 0 aromatic heterocycles. The molecular formula is C26H25FN2O3. The SMILES string of the molecule is COc1ccccc1-c1cccc(C(=O)N2CCC[C@H]2C(=O)NCc2cccc(F)c2)c1. The smallest absolute Gasteiger partial charge is 0.254 e. The van der Waals surface area contributed by atoms with E-state index in [4.69, 9.17) is 4.74 Å². The number of para-hydroxylation sites is 1. The Labute approximate surface area is 186 Å². The van der Waals surface area contributed by atoms with Crippen molar-refractivity contribution in [2.45, 2.75) is 25.4 Å². The molecule has 2 amide bonds. The lowest BCUT2D eigenvalue weighted by Gasteiger charge is -2.24. The quantitative estimate of drug-likeness (QED) is 0.627. The second-order valence-electron chi connectivity index (χ2n) is 7.79. The van der Waals surface area contributed by atoms with Crippen molar-refractivity contribution >= 4 is 11.8 Å². The number of carbonyl (C=O) groups is 2. The van der Waals surface area contributed by atoms with E-state index in [9.17, 15) is 14.0 Å². The van der Waals surface area contributed by atoms with Gasteiger partial charge in [0.1, 0.15) is 17.6 Å². The van der Waals surface area contributed by atoms with Gasteiger partial charge in [-0.05, 0) is 54.3 Å². The summed E-state index contributed by atoms with van der Waals surface area (Å²) in [5, 5.41) is 2.84. The highest BCUT2D eigenvalue weighted by Gasteiger charge is 2.34. The van der Waals surface area contributed by atoms with Crippen molar-refractivity contribution in [3.63, 3.8) is 0 Å². The number of rotatable bonds is 6. The molecule has 164 valence electrons. The molecule has 0 unspecified atom stereocenters. The van der Waals surface area contributed by atoms with Crippen LogP contribution in [0.2, 0.25) is 0 Å². The summed E-state index contributed by atoms with van der Waals surface area (Å²) in [5.41, 5.74) is 2.98. The van der Waals surface area contributed by atoms with Crippen LogP contribution in [0.4, 0.5) is 4.39 Å². The van der Waals surface area contributed by atoms with E-state index in [0.717, 1.165) is 23.3 Å². The van der Waals surface area contributed by atoms with Crippen LogP contribution in [0.15, 0.2) is 72.8 Å². The number of ether oxygens (including phenoxy) is 1. The molecule has 1 N–H and O–H groups in total. The number of carbonyl (C=O) groups excluding carboxylic acids is 2. The van der Waals surface area contributed by atoms with Crippen LogP contribution in [0, 0.1) is 5.82 Å². The molecule has 32 heavy (non-hydrogen) atoms. The van der Waals surface area contributed by atoms with Gasteiger partial charge in [0.25, 0.3) is 5.91 Å². The number of nitrogens with one attached hydrogen (secondary N) is 1. The lowest BCUT2D eigenvalue weighted by molar-refractivity contribution is -0.125. The molecule has 1 saturated heterocycles. The summed E-state index contributed by atoms with van der Waals surface area (Å²) < 4.78 is 18.8. The van der Waals surface area contributed by atoms with E-state index in [-0.39, 0.29) is 24.2 Å². The number of benzene rings is 3. The Bertz CT molecular complexity index is 1130. The lowest BCUT2D eigenvalue weighted by atomic mass is 10.0. The first-order chi connectivity index (χ1) is 15.6. The topological polar surface area (TPSA) is 58.6 Å². The number of likely N-dealkylation sites (tertiary alicyclic amines) is 1. The summed E-state index contributed by atoms with van der Waals surface area (Å²) in [6, 6.07) is 20.6. The largest absolute Gasteiger partial charge is 0.496 e. The van der Waals surface area contributed by atoms with Crippen LogP contribution in [0.5, 0.6) is 5.75 Å². The molecular weight excluding hydrogens is 407 g/mol. The summed E-state index contributed by atoms with van der Waals surface area (Å²) in [6.45, 7) is 0.744. The summed E-state index contributed by atoms with van der Waals surface area (Å²) >= 11 is 0. The van der Waals surface area contributed by atoms with Gasteiger partial charge in [-0.2, -0.15) is 0 Å². The van der Waals surface area contributed by atoms with Crippen molar-refractivity contribution in [1.29, 1.82) is 0 Å². The summed E-state index contributed by atoms with van der Waals surface area (Å²) in [5.74, 6) is -0.0108. The fourth-order valence-corrected chi connectivity index (χ4v) is 4.10. The number of nitrogens with zero attached hydrogens (tertiary/aromatic N) is 1. The van der Waals surface area contributed by atoms with Crippen molar-refractivity contribution in [3.8, 4) is 16.9 Å². The van der Waals surface area contributed by atoms with Crippen molar-refractivity contribution in [1.82, 2.24) is 10.2 Å². The van der Waals surface area contributed by atoms with E-state index in [1.807, 2.05) is 42.5 Å².